The molecular weight excluding hydrogens is 234 g/mol. The number of hydrogen-bond donors (Lipinski definition) is 1. The Bertz CT molecular complexity index is 437. The largest absolute Gasteiger partial charge is 0.368 e. The Labute approximate surface area is 117 Å². The summed E-state index contributed by atoms with van der Waals surface area (Å²) < 4.78 is 6.11. The molecule has 0 bridgehead atoms. The molecule has 0 spiro atoms. The molecule has 1 fully saturated rings. The van der Waals surface area contributed by atoms with Gasteiger partial charge in [0.05, 0.1) is 11.2 Å². The maximum Gasteiger partial charge on any atom is 0.0787 e. The molecule has 2 rings (SSSR count). The van der Waals surface area contributed by atoms with Gasteiger partial charge < -0.3 is 10.1 Å². The van der Waals surface area contributed by atoms with Crippen molar-refractivity contribution in [3.63, 3.8) is 0 Å². The van der Waals surface area contributed by atoms with E-state index in [1.165, 1.54) is 11.1 Å². The van der Waals surface area contributed by atoms with Crippen LogP contribution < -0.4 is 5.32 Å². The van der Waals surface area contributed by atoms with Gasteiger partial charge in [-0.05, 0) is 65.1 Å². The number of rotatable bonds is 4. The first-order valence-electron chi connectivity index (χ1n) is 7.28. The summed E-state index contributed by atoms with van der Waals surface area (Å²) in [6.07, 6.45) is 2.16. The van der Waals surface area contributed by atoms with Crippen LogP contribution in [0.15, 0.2) is 24.3 Å². The lowest BCUT2D eigenvalue weighted by molar-refractivity contribution is -0.0697. The number of hydrogen-bond acceptors (Lipinski definition) is 2. The number of benzene rings is 1. The summed E-state index contributed by atoms with van der Waals surface area (Å²) in [5.41, 5.74) is 2.73. The summed E-state index contributed by atoms with van der Waals surface area (Å²) in [5, 5.41) is 3.68. The fraction of sp³-hybridized carbons (Fsp3) is 0.647. The Kier molecular flexibility index (Phi) is 4.03. The zero-order chi connectivity index (χ0) is 14.1. The molecule has 1 aromatic rings. The molecule has 0 aliphatic carbocycles. The predicted octanol–water partition coefficient (Wildman–Crippen LogP) is 3.47. The fourth-order valence-corrected chi connectivity index (χ4v) is 3.15. The molecule has 0 aromatic heterocycles. The first kappa shape index (κ1) is 14.5. The highest BCUT2D eigenvalue weighted by molar-refractivity contribution is 5.25. The second-order valence-corrected chi connectivity index (χ2v) is 6.85. The average Bonchev–Trinajstić information content (AvgIpc) is 2.49. The van der Waals surface area contributed by atoms with Gasteiger partial charge in [-0.1, -0.05) is 24.3 Å². The van der Waals surface area contributed by atoms with Gasteiger partial charge >= 0.3 is 0 Å². The van der Waals surface area contributed by atoms with Gasteiger partial charge in [-0.3, -0.25) is 0 Å². The van der Waals surface area contributed by atoms with Crippen molar-refractivity contribution < 1.29 is 4.74 Å². The zero-order valence-corrected chi connectivity index (χ0v) is 12.9. The van der Waals surface area contributed by atoms with Crippen molar-refractivity contribution in [2.24, 2.45) is 0 Å². The summed E-state index contributed by atoms with van der Waals surface area (Å²) in [5.74, 6) is 0. The minimum Gasteiger partial charge on any atom is -0.368 e. The summed E-state index contributed by atoms with van der Waals surface area (Å²) in [4.78, 5) is 0. The Morgan fingerprint density at radius 3 is 2.47 bits per heavy atom. The third kappa shape index (κ3) is 3.58. The van der Waals surface area contributed by atoms with Crippen molar-refractivity contribution in [2.75, 3.05) is 6.54 Å². The van der Waals surface area contributed by atoms with Crippen molar-refractivity contribution >= 4 is 0 Å². The summed E-state index contributed by atoms with van der Waals surface area (Å²) in [6.45, 7) is 11.9. The Balaban J connectivity index is 1.88. The molecule has 1 N–H and O–H groups in total. The highest BCUT2D eigenvalue weighted by atomic mass is 16.5. The topological polar surface area (TPSA) is 21.3 Å². The molecule has 19 heavy (non-hydrogen) atoms. The lowest BCUT2D eigenvalue weighted by atomic mass is 9.94. The van der Waals surface area contributed by atoms with Crippen LogP contribution in [0.5, 0.6) is 0 Å². The predicted molar refractivity (Wildman–Crippen MR) is 80.5 cm³/mol. The third-order valence-corrected chi connectivity index (χ3v) is 4.12. The first-order valence-corrected chi connectivity index (χ1v) is 7.28. The maximum absolute atomic E-state index is 6.11. The van der Waals surface area contributed by atoms with Crippen LogP contribution in [-0.4, -0.2) is 23.8 Å². The first-order chi connectivity index (χ1) is 8.80. The van der Waals surface area contributed by atoms with Crippen molar-refractivity contribution in [2.45, 2.75) is 64.7 Å². The Hall–Kier alpha value is -0.860. The van der Waals surface area contributed by atoms with Gasteiger partial charge in [0.2, 0.25) is 0 Å². The van der Waals surface area contributed by atoms with Gasteiger partial charge in [-0.15, -0.1) is 0 Å². The third-order valence-electron chi connectivity index (χ3n) is 4.12. The van der Waals surface area contributed by atoms with E-state index in [2.05, 4.69) is 64.2 Å². The highest BCUT2D eigenvalue weighted by Crippen LogP contribution is 2.37. The molecule has 1 aliphatic rings. The monoisotopic (exact) mass is 261 g/mol. The van der Waals surface area contributed by atoms with E-state index in [1.807, 2.05) is 0 Å². The van der Waals surface area contributed by atoms with Crippen LogP contribution in [0.4, 0.5) is 0 Å². The van der Waals surface area contributed by atoms with Gasteiger partial charge in [0.1, 0.15) is 0 Å². The Morgan fingerprint density at radius 2 is 1.89 bits per heavy atom. The molecule has 1 unspecified atom stereocenters. The minimum atomic E-state index is -0.0742. The van der Waals surface area contributed by atoms with E-state index < -0.39 is 0 Å². The second kappa shape index (κ2) is 5.26. The van der Waals surface area contributed by atoms with Crippen LogP contribution in [0.2, 0.25) is 0 Å². The van der Waals surface area contributed by atoms with Crippen molar-refractivity contribution in [3.05, 3.63) is 35.4 Å². The smallest absolute Gasteiger partial charge is 0.0787 e. The molecule has 0 saturated carbocycles. The molecule has 1 aliphatic heterocycles. The lowest BCUT2D eigenvalue weighted by Crippen LogP contribution is -2.44. The zero-order valence-electron chi connectivity index (χ0n) is 12.9. The van der Waals surface area contributed by atoms with E-state index in [0.717, 1.165) is 19.4 Å². The van der Waals surface area contributed by atoms with E-state index in [-0.39, 0.29) is 11.2 Å². The van der Waals surface area contributed by atoms with Crippen LogP contribution >= 0.6 is 0 Å². The highest BCUT2D eigenvalue weighted by Gasteiger charge is 2.45. The molecule has 0 radical (unpaired) electrons. The number of ether oxygens (including phenoxy) is 1. The standard InChI is InChI=1S/C17H27NO/c1-13-8-6-7-9-14(13)10-11-18-15-12-16(2,3)19-17(15,4)5/h6-9,15,18H,10-12H2,1-5H3. The molecule has 2 heteroatoms. The van der Waals surface area contributed by atoms with Crippen molar-refractivity contribution in [1.82, 2.24) is 5.32 Å². The Morgan fingerprint density at radius 1 is 1.21 bits per heavy atom. The summed E-state index contributed by atoms with van der Waals surface area (Å²) in [7, 11) is 0. The molecule has 1 aromatic carbocycles. The van der Waals surface area contributed by atoms with Gasteiger partial charge in [-0.25, -0.2) is 0 Å². The van der Waals surface area contributed by atoms with Crippen LogP contribution in [0.3, 0.4) is 0 Å². The molecule has 0 amide bonds. The average molecular weight is 261 g/mol. The second-order valence-electron chi connectivity index (χ2n) is 6.85. The van der Waals surface area contributed by atoms with E-state index in [1.54, 1.807) is 0 Å². The lowest BCUT2D eigenvalue weighted by Gasteiger charge is -2.28. The van der Waals surface area contributed by atoms with Crippen LogP contribution in [0.25, 0.3) is 0 Å². The van der Waals surface area contributed by atoms with Crippen molar-refractivity contribution in [3.8, 4) is 0 Å². The van der Waals surface area contributed by atoms with Crippen LogP contribution in [0, 0.1) is 6.92 Å². The molecular formula is C17H27NO. The summed E-state index contributed by atoms with van der Waals surface area (Å²) in [6, 6.07) is 9.06. The fourth-order valence-electron chi connectivity index (χ4n) is 3.15. The van der Waals surface area contributed by atoms with Gasteiger partial charge in [0, 0.05) is 6.04 Å². The van der Waals surface area contributed by atoms with Crippen molar-refractivity contribution in [1.29, 1.82) is 0 Å². The minimum absolute atomic E-state index is 0.0101. The molecule has 1 heterocycles. The maximum atomic E-state index is 6.11. The van der Waals surface area contributed by atoms with E-state index in [0.29, 0.717) is 6.04 Å². The SMILES string of the molecule is Cc1ccccc1CCNC1CC(C)(C)OC1(C)C. The van der Waals surface area contributed by atoms with Gasteiger partial charge in [0.25, 0.3) is 0 Å². The van der Waals surface area contributed by atoms with Crippen LogP contribution in [-0.2, 0) is 11.2 Å². The van der Waals surface area contributed by atoms with Crippen LogP contribution in [0.1, 0.15) is 45.2 Å². The number of aryl methyl sites for hydroxylation is 1. The number of nitrogens with one attached hydrogen (secondary N) is 1. The van der Waals surface area contributed by atoms with Gasteiger partial charge in [-0.2, -0.15) is 0 Å². The quantitative estimate of drug-likeness (QED) is 0.896. The molecule has 106 valence electrons. The normalized spacial score (nSPS) is 24.6. The summed E-state index contributed by atoms with van der Waals surface area (Å²) >= 11 is 0. The van der Waals surface area contributed by atoms with E-state index in [4.69, 9.17) is 4.74 Å². The van der Waals surface area contributed by atoms with Gasteiger partial charge in [0.15, 0.2) is 0 Å². The molecule has 1 atom stereocenters. The van der Waals surface area contributed by atoms with E-state index in [9.17, 15) is 0 Å². The molecule has 1 saturated heterocycles. The van der Waals surface area contributed by atoms with E-state index >= 15 is 0 Å². The molecule has 2 nitrogen and oxygen atoms in total.